The molecule has 226 valence electrons. The Kier molecular flexibility index (Phi) is 8.65. The van der Waals surface area contributed by atoms with E-state index in [0.717, 1.165) is 44.2 Å². The van der Waals surface area contributed by atoms with Crippen molar-refractivity contribution in [3.63, 3.8) is 0 Å². The van der Waals surface area contributed by atoms with Gasteiger partial charge in [-0.2, -0.15) is 0 Å². The summed E-state index contributed by atoms with van der Waals surface area (Å²) in [6.07, 6.45) is 4.33. The molecule has 0 radical (unpaired) electrons. The van der Waals surface area contributed by atoms with Crippen molar-refractivity contribution in [3.05, 3.63) is 41.5 Å². The average molecular weight is 581 g/mol. The predicted molar refractivity (Wildman–Crippen MR) is 155 cm³/mol. The van der Waals surface area contributed by atoms with Crippen LogP contribution in [0, 0.1) is 0 Å². The highest BCUT2D eigenvalue weighted by molar-refractivity contribution is 6.25. The monoisotopic (exact) mass is 580 g/mol. The minimum absolute atomic E-state index is 0.0950. The summed E-state index contributed by atoms with van der Waals surface area (Å²) >= 11 is 0. The van der Waals surface area contributed by atoms with Gasteiger partial charge in [0.05, 0.1) is 16.8 Å². The average Bonchev–Trinajstić information content (AvgIpc) is 3.20. The molecule has 1 aromatic carbocycles. The van der Waals surface area contributed by atoms with E-state index in [1.54, 1.807) is 17.0 Å². The van der Waals surface area contributed by atoms with Crippen LogP contribution in [0.4, 0.5) is 10.5 Å². The second-order valence-electron chi connectivity index (χ2n) is 12.2. The standard InChI is InChI=1S/C30H40N6O6/c1-30(2,3)42-29(41)35-19-15-33(16-20-35)12-5-4-11-32-13-17-34(18-14-32)22-8-6-7-21-25(22)28(40)36(27(21)39)23-9-10-24(37)31-26(23)38/h4-8,23H,9-20H2,1-3H3,(H,31,37,38)/b5-4+. The SMILES string of the molecule is CC(C)(C)OC(=O)N1CCN(C/C=C/CN2CCN(c3cccc4c3C(=O)N(C3CCC(=O)NC3=O)C4=O)CC2)CC1. The number of carbonyl (C=O) groups is 5. The maximum Gasteiger partial charge on any atom is 0.410 e. The Balaban J connectivity index is 1.09. The molecule has 1 aromatic rings. The van der Waals surface area contributed by atoms with E-state index in [4.69, 9.17) is 4.74 Å². The Morgan fingerprint density at radius 3 is 2.12 bits per heavy atom. The fourth-order valence-electron chi connectivity index (χ4n) is 5.82. The third-order valence-electron chi connectivity index (χ3n) is 8.08. The van der Waals surface area contributed by atoms with Crippen LogP contribution in [0.3, 0.4) is 0 Å². The Hall–Kier alpha value is -3.77. The summed E-state index contributed by atoms with van der Waals surface area (Å²) in [5.74, 6) is -1.95. The summed E-state index contributed by atoms with van der Waals surface area (Å²) in [5.41, 5.74) is 0.868. The highest BCUT2D eigenvalue weighted by atomic mass is 16.6. The van der Waals surface area contributed by atoms with Gasteiger partial charge in [0.25, 0.3) is 11.8 Å². The number of hydrogen-bond acceptors (Lipinski definition) is 9. The maximum absolute atomic E-state index is 13.4. The second-order valence-corrected chi connectivity index (χ2v) is 12.2. The van der Waals surface area contributed by atoms with E-state index in [9.17, 15) is 24.0 Å². The molecule has 5 amide bonds. The van der Waals surface area contributed by atoms with Crippen LogP contribution in [0.5, 0.6) is 0 Å². The molecule has 12 heteroatoms. The number of imide groups is 2. The van der Waals surface area contributed by atoms with Gasteiger partial charge in [-0.1, -0.05) is 18.2 Å². The highest BCUT2D eigenvalue weighted by Gasteiger charge is 2.46. The molecule has 1 atom stereocenters. The van der Waals surface area contributed by atoms with Crippen LogP contribution in [0.15, 0.2) is 30.4 Å². The minimum Gasteiger partial charge on any atom is -0.444 e. The van der Waals surface area contributed by atoms with E-state index in [-0.39, 0.29) is 24.8 Å². The number of carbonyl (C=O) groups excluding carboxylic acids is 5. The molecule has 5 rings (SSSR count). The Bertz CT molecular complexity index is 1270. The molecule has 0 aliphatic carbocycles. The fraction of sp³-hybridized carbons (Fsp3) is 0.567. The molecule has 3 saturated heterocycles. The number of nitrogens with zero attached hydrogens (tertiary/aromatic N) is 5. The van der Waals surface area contributed by atoms with E-state index in [0.29, 0.717) is 43.0 Å². The summed E-state index contributed by atoms with van der Waals surface area (Å²) in [7, 11) is 0. The number of rotatable bonds is 6. The van der Waals surface area contributed by atoms with Gasteiger partial charge in [0.2, 0.25) is 11.8 Å². The zero-order chi connectivity index (χ0) is 30.0. The van der Waals surface area contributed by atoms with Crippen molar-refractivity contribution in [3.8, 4) is 0 Å². The van der Waals surface area contributed by atoms with Crippen LogP contribution in [-0.4, -0.2) is 126 Å². The first-order valence-electron chi connectivity index (χ1n) is 14.7. The molecule has 12 nitrogen and oxygen atoms in total. The number of piperazine rings is 2. The highest BCUT2D eigenvalue weighted by Crippen LogP contribution is 2.34. The van der Waals surface area contributed by atoms with E-state index in [1.165, 1.54) is 0 Å². The summed E-state index contributed by atoms with van der Waals surface area (Å²) in [4.78, 5) is 72.4. The van der Waals surface area contributed by atoms with E-state index < -0.39 is 29.4 Å². The molecule has 1 N–H and O–H groups in total. The number of benzene rings is 1. The van der Waals surface area contributed by atoms with Crippen molar-refractivity contribution >= 4 is 35.4 Å². The number of amides is 5. The molecule has 0 aromatic heterocycles. The van der Waals surface area contributed by atoms with E-state index in [2.05, 4.69) is 32.2 Å². The number of nitrogens with one attached hydrogen (secondary N) is 1. The molecule has 3 fully saturated rings. The summed E-state index contributed by atoms with van der Waals surface area (Å²) in [6, 6.07) is 4.29. The molecule has 4 aliphatic rings. The normalized spacial score (nSPS) is 22.6. The molecule has 42 heavy (non-hydrogen) atoms. The lowest BCUT2D eigenvalue weighted by atomic mass is 10.0. The van der Waals surface area contributed by atoms with Crippen molar-refractivity contribution in [2.75, 3.05) is 70.3 Å². The molecule has 4 aliphatic heterocycles. The molecule has 0 spiro atoms. The third kappa shape index (κ3) is 6.49. The number of ether oxygens (including phenoxy) is 1. The Morgan fingerprint density at radius 1 is 0.905 bits per heavy atom. The van der Waals surface area contributed by atoms with E-state index >= 15 is 0 Å². The Morgan fingerprint density at radius 2 is 1.52 bits per heavy atom. The Labute approximate surface area is 246 Å². The number of anilines is 1. The minimum atomic E-state index is -0.972. The summed E-state index contributed by atoms with van der Waals surface area (Å²) in [5, 5.41) is 2.24. The molecule has 0 saturated carbocycles. The van der Waals surface area contributed by atoms with Gasteiger partial charge in [0.15, 0.2) is 0 Å². The van der Waals surface area contributed by atoms with Gasteiger partial charge < -0.3 is 14.5 Å². The van der Waals surface area contributed by atoms with Gasteiger partial charge in [0, 0.05) is 71.9 Å². The van der Waals surface area contributed by atoms with Crippen LogP contribution in [0.25, 0.3) is 0 Å². The zero-order valence-corrected chi connectivity index (χ0v) is 24.6. The van der Waals surface area contributed by atoms with Crippen molar-refractivity contribution in [1.82, 2.24) is 24.9 Å². The lowest BCUT2D eigenvalue weighted by molar-refractivity contribution is -0.136. The van der Waals surface area contributed by atoms with Gasteiger partial charge >= 0.3 is 6.09 Å². The first-order chi connectivity index (χ1) is 20.0. The zero-order valence-electron chi connectivity index (χ0n) is 24.6. The lowest BCUT2D eigenvalue weighted by Gasteiger charge is -2.36. The lowest BCUT2D eigenvalue weighted by Crippen LogP contribution is -2.54. The summed E-state index contributed by atoms with van der Waals surface area (Å²) < 4.78 is 5.47. The summed E-state index contributed by atoms with van der Waals surface area (Å²) in [6.45, 7) is 13.2. The molecular weight excluding hydrogens is 540 g/mol. The quantitative estimate of drug-likeness (QED) is 0.392. The number of piperidine rings is 1. The van der Waals surface area contributed by atoms with Gasteiger partial charge in [0.1, 0.15) is 11.6 Å². The van der Waals surface area contributed by atoms with E-state index in [1.807, 2.05) is 26.8 Å². The first kappa shape index (κ1) is 29.7. The molecule has 0 bridgehead atoms. The van der Waals surface area contributed by atoms with Crippen molar-refractivity contribution < 1.29 is 28.7 Å². The predicted octanol–water partition coefficient (Wildman–Crippen LogP) is 1.32. The van der Waals surface area contributed by atoms with Crippen LogP contribution in [0.2, 0.25) is 0 Å². The van der Waals surface area contributed by atoms with Crippen molar-refractivity contribution in [2.45, 2.75) is 45.3 Å². The molecule has 1 unspecified atom stereocenters. The number of hydrogen-bond donors (Lipinski definition) is 1. The van der Waals surface area contributed by atoms with Gasteiger partial charge in [-0.05, 0) is 39.3 Å². The van der Waals surface area contributed by atoms with Gasteiger partial charge in [-0.15, -0.1) is 0 Å². The van der Waals surface area contributed by atoms with Crippen LogP contribution in [-0.2, 0) is 14.3 Å². The maximum atomic E-state index is 13.4. The first-order valence-corrected chi connectivity index (χ1v) is 14.7. The van der Waals surface area contributed by atoms with Crippen molar-refractivity contribution in [1.29, 1.82) is 0 Å². The van der Waals surface area contributed by atoms with Crippen LogP contribution in [0.1, 0.15) is 54.3 Å². The topological polar surface area (TPSA) is 123 Å². The fourth-order valence-corrected chi connectivity index (χ4v) is 5.82. The van der Waals surface area contributed by atoms with Gasteiger partial charge in [-0.25, -0.2) is 4.79 Å². The largest absolute Gasteiger partial charge is 0.444 e. The second kappa shape index (κ2) is 12.2. The van der Waals surface area contributed by atoms with Crippen LogP contribution >= 0.6 is 0 Å². The van der Waals surface area contributed by atoms with Gasteiger partial charge in [-0.3, -0.25) is 39.2 Å². The smallest absolute Gasteiger partial charge is 0.410 e. The number of fused-ring (bicyclic) bond motifs is 1. The molecular formula is C30H40N6O6. The third-order valence-corrected chi connectivity index (χ3v) is 8.08. The molecule has 4 heterocycles. The van der Waals surface area contributed by atoms with Crippen molar-refractivity contribution in [2.24, 2.45) is 0 Å². The van der Waals surface area contributed by atoms with Crippen LogP contribution < -0.4 is 10.2 Å².